The maximum absolute atomic E-state index is 13.7. The number of rotatable bonds is 9. The first kappa shape index (κ1) is 24.6. The summed E-state index contributed by atoms with van der Waals surface area (Å²) < 4.78 is 15.9. The molecule has 0 aromatic heterocycles. The number of urea groups is 1. The molecule has 1 atom stereocenters. The number of methoxy groups -OCH3 is 3. The molecule has 4 rings (SSSR count). The van der Waals surface area contributed by atoms with Gasteiger partial charge in [-0.15, -0.1) is 0 Å². The molecule has 1 aliphatic rings. The molecule has 0 aliphatic carbocycles. The molecule has 186 valence electrons. The van der Waals surface area contributed by atoms with E-state index in [2.05, 4.69) is 10.6 Å². The third kappa shape index (κ3) is 4.68. The van der Waals surface area contributed by atoms with E-state index in [0.717, 1.165) is 10.5 Å². The van der Waals surface area contributed by atoms with E-state index < -0.39 is 29.9 Å². The number of carbonyl (C=O) groups excluding carboxylic acids is 3. The van der Waals surface area contributed by atoms with Gasteiger partial charge in [0.05, 0.1) is 21.3 Å². The number of nitrogens with zero attached hydrogens (tertiary/aromatic N) is 1. The second kappa shape index (κ2) is 10.4. The Morgan fingerprint density at radius 2 is 1.47 bits per heavy atom. The summed E-state index contributed by atoms with van der Waals surface area (Å²) in [4.78, 5) is 40.6. The van der Waals surface area contributed by atoms with Gasteiger partial charge in [0, 0.05) is 24.2 Å². The van der Waals surface area contributed by atoms with Crippen LogP contribution in [0, 0.1) is 0 Å². The number of benzene rings is 3. The minimum Gasteiger partial charge on any atom is -0.493 e. The van der Waals surface area contributed by atoms with Crippen LogP contribution in [0.3, 0.4) is 0 Å². The van der Waals surface area contributed by atoms with E-state index in [-0.39, 0.29) is 6.42 Å². The fourth-order valence-corrected chi connectivity index (χ4v) is 4.31. The summed E-state index contributed by atoms with van der Waals surface area (Å²) in [5.41, 5.74) is 0.547. The lowest BCUT2D eigenvalue weighted by molar-refractivity contribution is -0.134. The molecule has 3 aromatic rings. The number of anilines is 1. The second-order valence-corrected chi connectivity index (χ2v) is 8.22. The molecule has 0 radical (unpaired) electrons. The Morgan fingerprint density at radius 3 is 2.03 bits per heavy atom. The zero-order valence-corrected chi connectivity index (χ0v) is 20.2. The van der Waals surface area contributed by atoms with E-state index >= 15 is 0 Å². The van der Waals surface area contributed by atoms with E-state index in [1.54, 1.807) is 36.4 Å². The van der Waals surface area contributed by atoms with Crippen molar-refractivity contribution in [3.63, 3.8) is 0 Å². The predicted molar refractivity (Wildman–Crippen MR) is 133 cm³/mol. The SMILES string of the molecule is COc1cc(NC(=O)CN2C(=O)NC(Cc3ccccc3)(c3ccccc3)C2=O)cc(OC)c1OC. The van der Waals surface area contributed by atoms with E-state index in [9.17, 15) is 14.4 Å². The number of hydrogen-bond acceptors (Lipinski definition) is 6. The molecule has 0 saturated carbocycles. The Morgan fingerprint density at radius 1 is 0.889 bits per heavy atom. The zero-order valence-electron chi connectivity index (χ0n) is 20.2. The molecule has 1 heterocycles. The first-order valence-electron chi connectivity index (χ1n) is 11.2. The number of amides is 4. The van der Waals surface area contributed by atoms with Crippen LogP contribution in [0.15, 0.2) is 72.8 Å². The van der Waals surface area contributed by atoms with Gasteiger partial charge in [0.1, 0.15) is 6.54 Å². The molecule has 1 aliphatic heterocycles. The molecule has 1 fully saturated rings. The molecule has 9 heteroatoms. The highest BCUT2D eigenvalue weighted by Crippen LogP contribution is 2.40. The van der Waals surface area contributed by atoms with Gasteiger partial charge in [-0.2, -0.15) is 0 Å². The number of ether oxygens (including phenoxy) is 3. The van der Waals surface area contributed by atoms with E-state index in [0.29, 0.717) is 28.5 Å². The molecule has 1 unspecified atom stereocenters. The lowest BCUT2D eigenvalue weighted by Gasteiger charge is -2.27. The van der Waals surface area contributed by atoms with Crippen molar-refractivity contribution in [1.29, 1.82) is 0 Å². The third-order valence-electron chi connectivity index (χ3n) is 6.00. The van der Waals surface area contributed by atoms with Gasteiger partial charge < -0.3 is 24.8 Å². The van der Waals surface area contributed by atoms with Crippen LogP contribution in [0.5, 0.6) is 17.2 Å². The highest BCUT2D eigenvalue weighted by Gasteiger charge is 2.52. The summed E-state index contributed by atoms with van der Waals surface area (Å²) in [6.07, 6.45) is 0.243. The van der Waals surface area contributed by atoms with Gasteiger partial charge in [-0.3, -0.25) is 14.5 Å². The van der Waals surface area contributed by atoms with Crippen LogP contribution in [-0.4, -0.2) is 50.6 Å². The molecule has 36 heavy (non-hydrogen) atoms. The minimum atomic E-state index is -1.33. The Labute approximate surface area is 209 Å². The van der Waals surface area contributed by atoms with Crippen LogP contribution < -0.4 is 24.8 Å². The fraction of sp³-hybridized carbons (Fsp3) is 0.222. The van der Waals surface area contributed by atoms with E-state index in [1.807, 2.05) is 36.4 Å². The maximum atomic E-state index is 13.7. The van der Waals surface area contributed by atoms with Crippen molar-refractivity contribution in [2.45, 2.75) is 12.0 Å². The van der Waals surface area contributed by atoms with E-state index in [1.165, 1.54) is 21.3 Å². The van der Waals surface area contributed by atoms with Gasteiger partial charge in [0.25, 0.3) is 5.91 Å². The summed E-state index contributed by atoms with van der Waals surface area (Å²) in [7, 11) is 4.41. The quantitative estimate of drug-likeness (QED) is 0.447. The number of hydrogen-bond donors (Lipinski definition) is 2. The largest absolute Gasteiger partial charge is 0.493 e. The van der Waals surface area contributed by atoms with Crippen LogP contribution in [0.25, 0.3) is 0 Å². The van der Waals surface area contributed by atoms with Crippen molar-refractivity contribution in [3.05, 3.63) is 83.9 Å². The summed E-state index contributed by atoms with van der Waals surface area (Å²) in [6.45, 7) is -0.468. The standard InChI is InChI=1S/C27H27N3O6/c1-34-21-14-20(15-22(35-2)24(21)36-3)28-23(31)17-30-25(32)27(29-26(30)33,19-12-8-5-9-13-19)16-18-10-6-4-7-11-18/h4-15H,16-17H2,1-3H3,(H,28,31)(H,29,33). The highest BCUT2D eigenvalue weighted by molar-refractivity contribution is 6.10. The number of nitrogens with one attached hydrogen (secondary N) is 2. The third-order valence-corrected chi connectivity index (χ3v) is 6.00. The molecule has 4 amide bonds. The van der Waals surface area contributed by atoms with Crippen LogP contribution in [0.2, 0.25) is 0 Å². The summed E-state index contributed by atoms with van der Waals surface area (Å²) in [6, 6.07) is 20.9. The Hall–Kier alpha value is -4.53. The topological polar surface area (TPSA) is 106 Å². The normalized spacial score (nSPS) is 16.9. The Kier molecular flexibility index (Phi) is 7.10. The average Bonchev–Trinajstić information content (AvgIpc) is 3.13. The second-order valence-electron chi connectivity index (χ2n) is 8.22. The summed E-state index contributed by atoms with van der Waals surface area (Å²) >= 11 is 0. The molecule has 3 aromatic carbocycles. The zero-order chi connectivity index (χ0) is 25.7. The van der Waals surface area contributed by atoms with Gasteiger partial charge in [-0.05, 0) is 11.1 Å². The van der Waals surface area contributed by atoms with Gasteiger partial charge in [0.2, 0.25) is 11.7 Å². The molecule has 1 saturated heterocycles. The summed E-state index contributed by atoms with van der Waals surface area (Å²) in [5, 5.41) is 5.55. The summed E-state index contributed by atoms with van der Waals surface area (Å²) in [5.74, 6) is 0.0285. The van der Waals surface area contributed by atoms with Gasteiger partial charge in [-0.25, -0.2) is 4.79 Å². The van der Waals surface area contributed by atoms with Crippen LogP contribution in [0.1, 0.15) is 11.1 Å². The fourth-order valence-electron chi connectivity index (χ4n) is 4.31. The van der Waals surface area contributed by atoms with Crippen molar-refractivity contribution in [2.75, 3.05) is 33.2 Å². The molecular formula is C27H27N3O6. The van der Waals surface area contributed by atoms with Gasteiger partial charge >= 0.3 is 6.03 Å². The predicted octanol–water partition coefficient (Wildman–Crippen LogP) is 3.34. The monoisotopic (exact) mass is 489 g/mol. The molecular weight excluding hydrogens is 462 g/mol. The molecule has 0 spiro atoms. The van der Waals surface area contributed by atoms with Crippen molar-refractivity contribution < 1.29 is 28.6 Å². The van der Waals surface area contributed by atoms with Crippen molar-refractivity contribution >= 4 is 23.5 Å². The number of carbonyl (C=O) groups is 3. The van der Waals surface area contributed by atoms with Crippen molar-refractivity contribution in [3.8, 4) is 17.2 Å². The minimum absolute atomic E-state index is 0.243. The Balaban J connectivity index is 1.59. The van der Waals surface area contributed by atoms with Crippen LogP contribution in [-0.2, 0) is 21.5 Å². The van der Waals surface area contributed by atoms with Crippen molar-refractivity contribution in [1.82, 2.24) is 10.2 Å². The van der Waals surface area contributed by atoms with Crippen LogP contribution in [0.4, 0.5) is 10.5 Å². The Bertz CT molecular complexity index is 1240. The first-order valence-corrected chi connectivity index (χ1v) is 11.2. The number of imide groups is 1. The van der Waals surface area contributed by atoms with Crippen LogP contribution >= 0.6 is 0 Å². The lowest BCUT2D eigenvalue weighted by atomic mass is 9.83. The van der Waals surface area contributed by atoms with Gasteiger partial charge in [-0.1, -0.05) is 60.7 Å². The van der Waals surface area contributed by atoms with Gasteiger partial charge in [0.15, 0.2) is 17.0 Å². The molecule has 0 bridgehead atoms. The lowest BCUT2D eigenvalue weighted by Crippen LogP contribution is -2.46. The molecule has 2 N–H and O–H groups in total. The molecule has 9 nitrogen and oxygen atoms in total. The van der Waals surface area contributed by atoms with Crippen molar-refractivity contribution in [2.24, 2.45) is 0 Å². The average molecular weight is 490 g/mol. The maximum Gasteiger partial charge on any atom is 0.325 e. The van der Waals surface area contributed by atoms with E-state index in [4.69, 9.17) is 14.2 Å². The highest BCUT2D eigenvalue weighted by atomic mass is 16.5. The first-order chi connectivity index (χ1) is 17.4. The smallest absolute Gasteiger partial charge is 0.325 e.